The quantitative estimate of drug-likeness (QED) is 0.732. The van der Waals surface area contributed by atoms with Gasteiger partial charge in [0.15, 0.2) is 0 Å². The van der Waals surface area contributed by atoms with E-state index in [0.717, 1.165) is 18.6 Å². The Morgan fingerprint density at radius 1 is 0.885 bits per heavy atom. The zero-order chi connectivity index (χ0) is 17.3. The lowest BCUT2D eigenvalue weighted by atomic mass is 9.83. The smallest absolute Gasteiger partial charge is 0.124 e. The Morgan fingerprint density at radius 3 is 2.46 bits per heavy atom. The summed E-state index contributed by atoms with van der Waals surface area (Å²) < 4.78 is 6.58. The van der Waals surface area contributed by atoms with Gasteiger partial charge in [-0.1, -0.05) is 30.7 Å². The van der Waals surface area contributed by atoms with Crippen molar-refractivity contribution in [3.05, 3.63) is 47.4 Å². The van der Waals surface area contributed by atoms with Gasteiger partial charge < -0.3 is 9.64 Å². The summed E-state index contributed by atoms with van der Waals surface area (Å²) in [6.45, 7) is 4.94. The molecule has 140 valence electrons. The molecule has 3 heterocycles. The Hall–Kier alpha value is -1.48. The molecule has 26 heavy (non-hydrogen) atoms. The second-order valence-corrected chi connectivity index (χ2v) is 8.60. The van der Waals surface area contributed by atoms with Crippen LogP contribution in [0.5, 0.6) is 0 Å². The predicted molar refractivity (Wildman–Crippen MR) is 106 cm³/mol. The molecule has 3 aliphatic heterocycles. The fourth-order valence-electron chi connectivity index (χ4n) is 5.28. The number of hydrogen-bond donors (Lipinski definition) is 0. The van der Waals surface area contributed by atoms with E-state index in [4.69, 9.17) is 4.74 Å². The molecule has 5 aliphatic rings. The molecule has 0 aromatic heterocycles. The molecule has 3 heteroatoms. The average Bonchev–Trinajstić information content (AvgIpc) is 2.73. The maximum absolute atomic E-state index is 6.58. The summed E-state index contributed by atoms with van der Waals surface area (Å²) in [5.41, 5.74) is 2.86. The highest BCUT2D eigenvalue weighted by atomic mass is 16.5. The molecule has 0 bridgehead atoms. The molecule has 0 aromatic carbocycles. The second-order valence-electron chi connectivity index (χ2n) is 8.60. The van der Waals surface area contributed by atoms with Crippen molar-refractivity contribution in [3.8, 4) is 0 Å². The van der Waals surface area contributed by atoms with Crippen molar-refractivity contribution < 1.29 is 4.74 Å². The third kappa shape index (κ3) is 3.26. The minimum atomic E-state index is 0.334. The lowest BCUT2D eigenvalue weighted by molar-refractivity contribution is 0.0596. The van der Waals surface area contributed by atoms with Gasteiger partial charge in [-0.25, -0.2) is 0 Å². The maximum atomic E-state index is 6.58. The number of likely N-dealkylation sites (tertiary alicyclic amines) is 2. The van der Waals surface area contributed by atoms with Crippen LogP contribution in [0.15, 0.2) is 47.4 Å². The first-order valence-corrected chi connectivity index (χ1v) is 10.8. The molecule has 2 fully saturated rings. The lowest BCUT2D eigenvalue weighted by Gasteiger charge is -2.41. The first-order valence-electron chi connectivity index (χ1n) is 10.8. The van der Waals surface area contributed by atoms with Crippen LogP contribution in [-0.4, -0.2) is 48.1 Å². The van der Waals surface area contributed by atoms with Gasteiger partial charge in [-0.3, -0.25) is 4.90 Å². The zero-order valence-corrected chi connectivity index (χ0v) is 15.9. The van der Waals surface area contributed by atoms with Crippen LogP contribution in [0.25, 0.3) is 0 Å². The molecule has 0 saturated carbocycles. The van der Waals surface area contributed by atoms with Crippen LogP contribution in [0.2, 0.25) is 0 Å². The molecule has 5 rings (SSSR count). The van der Waals surface area contributed by atoms with Crippen molar-refractivity contribution in [3.63, 3.8) is 0 Å². The van der Waals surface area contributed by atoms with Crippen LogP contribution in [0.1, 0.15) is 51.4 Å². The van der Waals surface area contributed by atoms with Gasteiger partial charge in [0, 0.05) is 36.7 Å². The normalized spacial score (nSPS) is 34.8. The third-order valence-corrected chi connectivity index (χ3v) is 6.84. The first kappa shape index (κ1) is 16.7. The lowest BCUT2D eigenvalue weighted by Crippen LogP contribution is -2.40. The van der Waals surface area contributed by atoms with Gasteiger partial charge in [-0.05, 0) is 57.7 Å². The van der Waals surface area contributed by atoms with Crippen LogP contribution in [0.4, 0.5) is 0 Å². The molecule has 0 amide bonds. The van der Waals surface area contributed by atoms with E-state index in [-0.39, 0.29) is 0 Å². The van der Waals surface area contributed by atoms with Crippen molar-refractivity contribution in [2.45, 2.75) is 63.5 Å². The largest absolute Gasteiger partial charge is 0.489 e. The summed E-state index contributed by atoms with van der Waals surface area (Å²) in [6.07, 6.45) is 22.8. The van der Waals surface area contributed by atoms with Crippen molar-refractivity contribution >= 4 is 0 Å². The molecule has 3 atom stereocenters. The van der Waals surface area contributed by atoms with E-state index in [1.54, 1.807) is 5.70 Å². The van der Waals surface area contributed by atoms with E-state index in [9.17, 15) is 0 Å². The van der Waals surface area contributed by atoms with E-state index in [1.807, 2.05) is 0 Å². The summed E-state index contributed by atoms with van der Waals surface area (Å²) in [7, 11) is 0. The van der Waals surface area contributed by atoms with Gasteiger partial charge >= 0.3 is 0 Å². The van der Waals surface area contributed by atoms with Crippen molar-refractivity contribution in [1.82, 2.24) is 9.80 Å². The van der Waals surface area contributed by atoms with E-state index < -0.39 is 0 Å². The standard InChI is InChI=1S/C23H32N2O/c1-3-11-24(12-4-1)20-9-7-18-15-19-8-10-21(25-13-5-2-6-14-25)17-23(19)26-22(18)16-20/h7,9-10,15-16,19-20,23H,1-6,8,11-14,17H2. The van der Waals surface area contributed by atoms with Crippen molar-refractivity contribution in [1.29, 1.82) is 0 Å². The van der Waals surface area contributed by atoms with Gasteiger partial charge in [-0.15, -0.1) is 0 Å². The Balaban J connectivity index is 1.30. The molecule has 0 aromatic rings. The Labute approximate surface area is 158 Å². The zero-order valence-electron chi connectivity index (χ0n) is 15.9. The van der Waals surface area contributed by atoms with Crippen LogP contribution in [-0.2, 0) is 4.74 Å². The second kappa shape index (κ2) is 7.26. The van der Waals surface area contributed by atoms with Gasteiger partial charge in [0.2, 0.25) is 0 Å². The van der Waals surface area contributed by atoms with E-state index in [1.165, 1.54) is 70.3 Å². The highest BCUT2D eigenvalue weighted by Gasteiger charge is 2.34. The molecule has 3 unspecified atom stereocenters. The number of allylic oxidation sites excluding steroid dienone is 2. The number of piperidine rings is 2. The average molecular weight is 353 g/mol. The highest BCUT2D eigenvalue weighted by molar-refractivity contribution is 5.45. The molecule has 0 N–H and O–H groups in total. The molecule has 3 nitrogen and oxygen atoms in total. The number of hydrogen-bond acceptors (Lipinski definition) is 3. The van der Waals surface area contributed by atoms with Gasteiger partial charge in [-0.2, -0.15) is 0 Å². The minimum absolute atomic E-state index is 0.334. The molecular weight excluding hydrogens is 320 g/mol. The monoisotopic (exact) mass is 352 g/mol. The Morgan fingerprint density at radius 2 is 1.65 bits per heavy atom. The van der Waals surface area contributed by atoms with Gasteiger partial charge in [0.1, 0.15) is 11.9 Å². The third-order valence-electron chi connectivity index (χ3n) is 6.84. The summed E-state index contributed by atoms with van der Waals surface area (Å²) in [5.74, 6) is 1.69. The predicted octanol–water partition coefficient (Wildman–Crippen LogP) is 4.40. The number of nitrogens with zero attached hydrogens (tertiary/aromatic N) is 2. The highest BCUT2D eigenvalue weighted by Crippen LogP contribution is 2.39. The number of ether oxygens (including phenoxy) is 1. The summed E-state index contributed by atoms with van der Waals surface area (Å²) in [4.78, 5) is 5.23. The first-order chi connectivity index (χ1) is 12.9. The van der Waals surface area contributed by atoms with Crippen LogP contribution in [0.3, 0.4) is 0 Å². The maximum Gasteiger partial charge on any atom is 0.124 e. The van der Waals surface area contributed by atoms with Gasteiger partial charge in [0.05, 0.1) is 6.04 Å². The van der Waals surface area contributed by atoms with Crippen LogP contribution >= 0.6 is 0 Å². The fourth-order valence-corrected chi connectivity index (χ4v) is 5.28. The molecule has 2 aliphatic carbocycles. The Bertz CT molecular complexity index is 647. The van der Waals surface area contributed by atoms with Crippen LogP contribution in [0, 0.1) is 5.92 Å². The summed E-state index contributed by atoms with van der Waals surface area (Å²) >= 11 is 0. The SMILES string of the molecule is C1=CC(N2CCCCC2)C=C2OC3CC(N4CCCCC4)=CCC3C=C12. The van der Waals surface area contributed by atoms with E-state index in [2.05, 4.69) is 40.2 Å². The molecule has 2 saturated heterocycles. The Kier molecular flexibility index (Phi) is 4.66. The van der Waals surface area contributed by atoms with Gasteiger partial charge in [0.25, 0.3) is 0 Å². The number of rotatable bonds is 2. The number of fused-ring (bicyclic) bond motifs is 2. The van der Waals surface area contributed by atoms with Crippen LogP contribution < -0.4 is 0 Å². The molecule has 0 spiro atoms. The summed E-state index contributed by atoms with van der Waals surface area (Å²) in [6, 6.07) is 0.430. The van der Waals surface area contributed by atoms with Crippen molar-refractivity contribution in [2.24, 2.45) is 5.92 Å². The minimum Gasteiger partial charge on any atom is -0.489 e. The summed E-state index contributed by atoms with van der Waals surface area (Å²) in [5, 5.41) is 0. The molecule has 0 radical (unpaired) electrons. The van der Waals surface area contributed by atoms with Crippen molar-refractivity contribution in [2.75, 3.05) is 26.2 Å². The topological polar surface area (TPSA) is 15.7 Å². The fraction of sp³-hybridized carbons (Fsp3) is 0.652. The van der Waals surface area contributed by atoms with E-state index in [0.29, 0.717) is 18.1 Å². The van der Waals surface area contributed by atoms with E-state index >= 15 is 0 Å². The molecular formula is C23H32N2O.